The normalized spacial score (nSPS) is 14.4. The number of ketones is 1. The summed E-state index contributed by atoms with van der Waals surface area (Å²) in [5.74, 6) is -0.787. The first kappa shape index (κ1) is 24.2. The Hall–Kier alpha value is -2.49. The van der Waals surface area contributed by atoms with E-state index in [0.717, 1.165) is 13.1 Å². The molecular formula is C23H31N3O5S. The average Bonchev–Trinajstić information content (AvgIpc) is 3.39. The molecule has 1 saturated heterocycles. The molecule has 0 saturated carbocycles. The van der Waals surface area contributed by atoms with Crippen molar-refractivity contribution in [3.63, 3.8) is 0 Å². The number of rotatable bonds is 9. The van der Waals surface area contributed by atoms with E-state index in [4.69, 9.17) is 9.47 Å². The van der Waals surface area contributed by atoms with E-state index in [1.807, 2.05) is 18.4 Å². The molecule has 1 aliphatic heterocycles. The molecule has 0 N–H and O–H groups in total. The SMILES string of the molecule is CCOC(=O)c1c(C)c(C(=O)CN(CCN2CCOCC2)C(=O)c2cccs2)c(C)n1C. The predicted molar refractivity (Wildman–Crippen MR) is 123 cm³/mol. The van der Waals surface area contributed by atoms with Crippen LogP contribution in [0.25, 0.3) is 0 Å². The Balaban J connectivity index is 1.82. The first-order valence-electron chi connectivity index (χ1n) is 10.8. The van der Waals surface area contributed by atoms with Gasteiger partial charge in [-0.05, 0) is 37.8 Å². The molecule has 1 fully saturated rings. The fourth-order valence-electron chi connectivity index (χ4n) is 4.02. The van der Waals surface area contributed by atoms with Gasteiger partial charge in [0, 0.05) is 44.5 Å². The van der Waals surface area contributed by atoms with E-state index in [2.05, 4.69) is 4.90 Å². The largest absolute Gasteiger partial charge is 0.461 e. The van der Waals surface area contributed by atoms with Crippen LogP contribution < -0.4 is 0 Å². The van der Waals surface area contributed by atoms with Crippen LogP contribution in [-0.4, -0.2) is 84.6 Å². The van der Waals surface area contributed by atoms with Gasteiger partial charge in [0.1, 0.15) is 5.69 Å². The van der Waals surface area contributed by atoms with E-state index in [1.54, 1.807) is 36.4 Å². The third kappa shape index (κ3) is 5.28. The Kier molecular flexibility index (Phi) is 8.22. The number of amides is 1. The number of carbonyl (C=O) groups is 3. The highest BCUT2D eigenvalue weighted by Crippen LogP contribution is 2.23. The highest BCUT2D eigenvalue weighted by atomic mass is 32.1. The zero-order valence-electron chi connectivity index (χ0n) is 19.2. The van der Waals surface area contributed by atoms with Crippen LogP contribution in [0.2, 0.25) is 0 Å². The Labute approximate surface area is 192 Å². The quantitative estimate of drug-likeness (QED) is 0.422. The molecule has 8 nitrogen and oxygen atoms in total. The summed E-state index contributed by atoms with van der Waals surface area (Å²) in [6.07, 6.45) is 0. The molecule has 0 aliphatic carbocycles. The van der Waals surface area contributed by atoms with Gasteiger partial charge in [0.2, 0.25) is 0 Å². The highest BCUT2D eigenvalue weighted by molar-refractivity contribution is 7.12. The summed E-state index contributed by atoms with van der Waals surface area (Å²) in [7, 11) is 1.75. The minimum absolute atomic E-state index is 0.0466. The van der Waals surface area contributed by atoms with Crippen molar-refractivity contribution in [2.24, 2.45) is 7.05 Å². The number of carbonyl (C=O) groups excluding carboxylic acids is 3. The van der Waals surface area contributed by atoms with Gasteiger partial charge in [-0.15, -0.1) is 11.3 Å². The van der Waals surface area contributed by atoms with Gasteiger partial charge >= 0.3 is 5.97 Å². The number of Topliss-reactive ketones (excluding diaryl/α,β-unsaturated/α-hetero) is 1. The fourth-order valence-corrected chi connectivity index (χ4v) is 4.72. The third-order valence-corrected chi connectivity index (χ3v) is 6.68. The van der Waals surface area contributed by atoms with E-state index in [1.165, 1.54) is 11.3 Å². The lowest BCUT2D eigenvalue weighted by atomic mass is 10.0. The third-order valence-electron chi connectivity index (χ3n) is 5.82. The second-order valence-corrected chi connectivity index (χ2v) is 8.74. The molecule has 1 amide bonds. The average molecular weight is 462 g/mol. The topological polar surface area (TPSA) is 81.1 Å². The van der Waals surface area contributed by atoms with Gasteiger partial charge in [0.05, 0.1) is 31.2 Å². The number of morpholine rings is 1. The summed E-state index contributed by atoms with van der Waals surface area (Å²) in [5, 5.41) is 1.85. The Morgan fingerprint density at radius 2 is 1.94 bits per heavy atom. The summed E-state index contributed by atoms with van der Waals surface area (Å²) in [6, 6.07) is 3.61. The molecule has 1 aliphatic rings. The minimum atomic E-state index is -0.450. The lowest BCUT2D eigenvalue weighted by Crippen LogP contribution is -2.44. The van der Waals surface area contributed by atoms with Crippen LogP contribution in [-0.2, 0) is 16.5 Å². The van der Waals surface area contributed by atoms with E-state index < -0.39 is 5.97 Å². The number of aromatic nitrogens is 1. The molecule has 9 heteroatoms. The van der Waals surface area contributed by atoms with Crippen molar-refractivity contribution in [3.8, 4) is 0 Å². The van der Waals surface area contributed by atoms with Crippen LogP contribution in [0.15, 0.2) is 17.5 Å². The number of thiophene rings is 1. The molecular weight excluding hydrogens is 430 g/mol. The Morgan fingerprint density at radius 1 is 1.22 bits per heavy atom. The molecule has 3 heterocycles. The Bertz CT molecular complexity index is 961. The van der Waals surface area contributed by atoms with Crippen LogP contribution >= 0.6 is 11.3 Å². The second-order valence-electron chi connectivity index (χ2n) is 7.79. The maximum atomic E-state index is 13.4. The van der Waals surface area contributed by atoms with Gasteiger partial charge in [0.15, 0.2) is 5.78 Å². The van der Waals surface area contributed by atoms with Crippen molar-refractivity contribution in [3.05, 3.63) is 44.9 Å². The lowest BCUT2D eigenvalue weighted by molar-refractivity contribution is 0.0324. The van der Waals surface area contributed by atoms with E-state index in [9.17, 15) is 14.4 Å². The van der Waals surface area contributed by atoms with Crippen molar-refractivity contribution < 1.29 is 23.9 Å². The summed E-state index contributed by atoms with van der Waals surface area (Å²) in [6.45, 7) is 9.63. The maximum absolute atomic E-state index is 13.4. The van der Waals surface area contributed by atoms with Crippen molar-refractivity contribution >= 4 is 29.0 Å². The summed E-state index contributed by atoms with van der Waals surface area (Å²) < 4.78 is 12.3. The summed E-state index contributed by atoms with van der Waals surface area (Å²) in [5.41, 5.74) is 2.13. The molecule has 32 heavy (non-hydrogen) atoms. The molecule has 2 aromatic rings. The number of nitrogens with zero attached hydrogens (tertiary/aromatic N) is 3. The van der Waals surface area contributed by atoms with Gasteiger partial charge < -0.3 is 18.9 Å². The van der Waals surface area contributed by atoms with Crippen LogP contribution in [0.1, 0.15) is 48.7 Å². The maximum Gasteiger partial charge on any atom is 0.355 e. The van der Waals surface area contributed by atoms with Crippen LogP contribution in [0.4, 0.5) is 0 Å². The van der Waals surface area contributed by atoms with Crippen LogP contribution in [0, 0.1) is 13.8 Å². The lowest BCUT2D eigenvalue weighted by Gasteiger charge is -2.29. The van der Waals surface area contributed by atoms with E-state index in [-0.39, 0.29) is 24.8 Å². The van der Waals surface area contributed by atoms with Crippen LogP contribution in [0.5, 0.6) is 0 Å². The fraction of sp³-hybridized carbons (Fsp3) is 0.522. The smallest absolute Gasteiger partial charge is 0.355 e. The molecule has 0 bridgehead atoms. The highest BCUT2D eigenvalue weighted by Gasteiger charge is 2.28. The number of hydrogen-bond donors (Lipinski definition) is 0. The standard InChI is InChI=1S/C23H31N3O5S/c1-5-31-23(29)21-16(2)20(17(3)24(21)4)18(27)15-26(22(28)19-7-6-14-32-19)9-8-25-10-12-30-13-11-25/h6-7,14H,5,8-13,15H2,1-4H3. The van der Waals surface area contributed by atoms with Crippen molar-refractivity contribution in [2.45, 2.75) is 20.8 Å². The number of esters is 1. The minimum Gasteiger partial charge on any atom is -0.461 e. The van der Waals surface area contributed by atoms with Gasteiger partial charge in [-0.2, -0.15) is 0 Å². The molecule has 174 valence electrons. The molecule has 0 unspecified atom stereocenters. The van der Waals surface area contributed by atoms with Crippen molar-refractivity contribution in [1.82, 2.24) is 14.4 Å². The first-order chi connectivity index (χ1) is 15.3. The second kappa shape index (κ2) is 10.9. The Morgan fingerprint density at radius 3 is 2.56 bits per heavy atom. The first-order valence-corrected chi connectivity index (χ1v) is 11.7. The molecule has 0 aromatic carbocycles. The zero-order chi connectivity index (χ0) is 23.3. The molecule has 0 spiro atoms. The molecule has 2 aromatic heterocycles. The monoisotopic (exact) mass is 461 g/mol. The van der Waals surface area contributed by atoms with Crippen LogP contribution in [0.3, 0.4) is 0 Å². The summed E-state index contributed by atoms with van der Waals surface area (Å²) >= 11 is 1.36. The van der Waals surface area contributed by atoms with Crippen molar-refractivity contribution in [2.75, 3.05) is 52.5 Å². The van der Waals surface area contributed by atoms with Crippen molar-refractivity contribution in [1.29, 1.82) is 0 Å². The molecule has 0 radical (unpaired) electrons. The predicted octanol–water partition coefficient (Wildman–Crippen LogP) is 2.54. The number of ether oxygens (including phenoxy) is 2. The zero-order valence-corrected chi connectivity index (χ0v) is 20.0. The van der Waals surface area contributed by atoms with Gasteiger partial charge in [0.25, 0.3) is 5.91 Å². The molecule has 0 atom stereocenters. The van der Waals surface area contributed by atoms with Gasteiger partial charge in [-0.3, -0.25) is 14.5 Å². The van der Waals surface area contributed by atoms with Gasteiger partial charge in [-0.25, -0.2) is 4.79 Å². The molecule has 3 rings (SSSR count). The number of hydrogen-bond acceptors (Lipinski definition) is 7. The summed E-state index contributed by atoms with van der Waals surface area (Å²) in [4.78, 5) is 43.4. The van der Waals surface area contributed by atoms with Gasteiger partial charge in [-0.1, -0.05) is 6.07 Å². The van der Waals surface area contributed by atoms with E-state index in [0.29, 0.717) is 53.7 Å². The van der Waals surface area contributed by atoms with E-state index >= 15 is 0 Å².